The molecule has 0 bridgehead atoms. The summed E-state index contributed by atoms with van der Waals surface area (Å²) in [6.45, 7) is 0. The number of rotatable bonds is 1. The lowest BCUT2D eigenvalue weighted by atomic mass is 10.3. The second-order valence-electron chi connectivity index (χ2n) is 2.49. The van der Waals surface area contributed by atoms with Gasteiger partial charge in [0.25, 0.3) is 0 Å². The van der Waals surface area contributed by atoms with Gasteiger partial charge in [0, 0.05) is 18.6 Å². The number of hydrogen-bond donors (Lipinski definition) is 0. The Balaban J connectivity index is 3.13. The summed E-state index contributed by atoms with van der Waals surface area (Å²) in [4.78, 5) is 1.98. The Labute approximate surface area is 80.1 Å². The molecule has 0 aromatic heterocycles. The molecule has 3 heteroatoms. The van der Waals surface area contributed by atoms with Crippen molar-refractivity contribution in [2.45, 2.75) is 0 Å². The predicted molar refractivity (Wildman–Crippen MR) is 53.5 cm³/mol. The van der Waals surface area contributed by atoms with E-state index in [-0.39, 0.29) is 0 Å². The lowest BCUT2D eigenvalue weighted by molar-refractivity contribution is 1.13. The molecule has 0 amide bonds. The van der Waals surface area contributed by atoms with E-state index in [1.807, 2.05) is 37.2 Å². The topological polar surface area (TPSA) is 3.24 Å². The van der Waals surface area contributed by atoms with Crippen molar-refractivity contribution >= 4 is 33.2 Å². The van der Waals surface area contributed by atoms with Gasteiger partial charge in [-0.15, -0.1) is 0 Å². The van der Waals surface area contributed by atoms with Gasteiger partial charge in [-0.25, -0.2) is 0 Å². The second kappa shape index (κ2) is 3.46. The maximum atomic E-state index is 5.93. The van der Waals surface area contributed by atoms with Crippen LogP contribution < -0.4 is 4.90 Å². The second-order valence-corrected chi connectivity index (χ2v) is 3.81. The third kappa shape index (κ3) is 2.11. The van der Waals surface area contributed by atoms with Gasteiger partial charge in [-0.05, 0) is 18.2 Å². The Morgan fingerprint density at radius 3 is 2.45 bits per heavy atom. The van der Waals surface area contributed by atoms with Gasteiger partial charge in [-0.1, -0.05) is 27.5 Å². The molecule has 0 radical (unpaired) electrons. The Morgan fingerprint density at radius 2 is 2.00 bits per heavy atom. The number of benzene rings is 1. The summed E-state index contributed by atoms with van der Waals surface area (Å²) < 4.78 is 1.05. The highest BCUT2D eigenvalue weighted by Gasteiger charge is 2.01. The van der Waals surface area contributed by atoms with Crippen LogP contribution in [0.25, 0.3) is 0 Å². The third-order valence-corrected chi connectivity index (χ3v) is 2.20. The molecule has 1 nitrogen and oxygen atoms in total. The molecule has 1 aromatic carbocycles. The van der Waals surface area contributed by atoms with Gasteiger partial charge in [0.1, 0.15) is 0 Å². The molecule has 0 aliphatic heterocycles. The SMILES string of the molecule is CN(C)c1cc(Br)ccc1Cl. The van der Waals surface area contributed by atoms with Crippen LogP contribution in [0.4, 0.5) is 5.69 Å². The summed E-state index contributed by atoms with van der Waals surface area (Å²) in [5.41, 5.74) is 1.03. The minimum absolute atomic E-state index is 0.776. The van der Waals surface area contributed by atoms with Gasteiger partial charge in [-0.3, -0.25) is 0 Å². The number of halogens is 2. The van der Waals surface area contributed by atoms with Crippen LogP contribution in [0.5, 0.6) is 0 Å². The molecule has 0 unspecified atom stereocenters. The van der Waals surface area contributed by atoms with Crippen LogP contribution in [-0.4, -0.2) is 14.1 Å². The van der Waals surface area contributed by atoms with Crippen molar-refractivity contribution in [1.29, 1.82) is 0 Å². The van der Waals surface area contributed by atoms with Crippen molar-refractivity contribution < 1.29 is 0 Å². The first kappa shape index (κ1) is 8.88. The fourth-order valence-electron chi connectivity index (χ4n) is 0.829. The fraction of sp³-hybridized carbons (Fsp3) is 0.250. The highest BCUT2D eigenvalue weighted by atomic mass is 79.9. The number of nitrogens with zero attached hydrogens (tertiary/aromatic N) is 1. The van der Waals surface area contributed by atoms with Crippen molar-refractivity contribution in [3.05, 3.63) is 27.7 Å². The molecule has 0 atom stereocenters. The van der Waals surface area contributed by atoms with E-state index in [9.17, 15) is 0 Å². The average molecular weight is 235 g/mol. The molecule has 0 saturated heterocycles. The molecular weight excluding hydrogens is 225 g/mol. The van der Waals surface area contributed by atoms with E-state index in [0.29, 0.717) is 0 Å². The smallest absolute Gasteiger partial charge is 0.0640 e. The summed E-state index contributed by atoms with van der Waals surface area (Å²) in [5.74, 6) is 0. The van der Waals surface area contributed by atoms with Crippen LogP contribution in [-0.2, 0) is 0 Å². The standard InChI is InChI=1S/C8H9BrClN/c1-11(2)8-5-6(9)3-4-7(8)10/h3-5H,1-2H3. The lowest BCUT2D eigenvalue weighted by Crippen LogP contribution is -2.08. The zero-order chi connectivity index (χ0) is 8.43. The predicted octanol–water partition coefficient (Wildman–Crippen LogP) is 3.17. The molecule has 1 rings (SSSR count). The maximum absolute atomic E-state index is 5.93. The van der Waals surface area contributed by atoms with E-state index in [2.05, 4.69) is 15.9 Å². The van der Waals surface area contributed by atoms with Crippen molar-refractivity contribution in [2.75, 3.05) is 19.0 Å². The van der Waals surface area contributed by atoms with E-state index >= 15 is 0 Å². The van der Waals surface area contributed by atoms with Crippen molar-refractivity contribution in [3.8, 4) is 0 Å². The molecule has 1 aromatic rings. The minimum atomic E-state index is 0.776. The van der Waals surface area contributed by atoms with E-state index in [1.54, 1.807) is 0 Å². The molecule has 0 N–H and O–H groups in total. The average Bonchev–Trinajstić information content (AvgIpc) is 1.94. The molecule has 60 valence electrons. The zero-order valence-corrected chi connectivity index (χ0v) is 8.78. The minimum Gasteiger partial charge on any atom is -0.376 e. The molecule has 0 fully saturated rings. The van der Waals surface area contributed by atoms with Crippen LogP contribution in [0.3, 0.4) is 0 Å². The highest BCUT2D eigenvalue weighted by Crippen LogP contribution is 2.27. The Morgan fingerprint density at radius 1 is 1.36 bits per heavy atom. The lowest BCUT2D eigenvalue weighted by Gasteiger charge is -2.14. The molecule has 11 heavy (non-hydrogen) atoms. The molecule has 0 aliphatic carbocycles. The largest absolute Gasteiger partial charge is 0.376 e. The van der Waals surface area contributed by atoms with E-state index in [0.717, 1.165) is 15.2 Å². The van der Waals surface area contributed by atoms with Crippen LogP contribution in [0.2, 0.25) is 5.02 Å². The Kier molecular flexibility index (Phi) is 2.79. The van der Waals surface area contributed by atoms with Gasteiger partial charge in [0.15, 0.2) is 0 Å². The van der Waals surface area contributed by atoms with Gasteiger partial charge in [0.2, 0.25) is 0 Å². The molecule has 0 aliphatic rings. The van der Waals surface area contributed by atoms with Gasteiger partial charge in [-0.2, -0.15) is 0 Å². The summed E-state index contributed by atoms with van der Waals surface area (Å²) in [6.07, 6.45) is 0. The fourth-order valence-corrected chi connectivity index (χ4v) is 1.46. The summed E-state index contributed by atoms with van der Waals surface area (Å²) >= 11 is 9.31. The number of anilines is 1. The molecule has 0 heterocycles. The summed E-state index contributed by atoms with van der Waals surface area (Å²) in [6, 6.07) is 5.79. The van der Waals surface area contributed by atoms with Gasteiger partial charge in [0.05, 0.1) is 10.7 Å². The number of hydrogen-bond acceptors (Lipinski definition) is 1. The Bertz CT molecular complexity index is 260. The zero-order valence-electron chi connectivity index (χ0n) is 6.44. The quantitative estimate of drug-likeness (QED) is 0.721. The molecular formula is C8H9BrClN. The van der Waals surface area contributed by atoms with Gasteiger partial charge < -0.3 is 4.90 Å². The Hall–Kier alpha value is -0.210. The first-order valence-corrected chi connectivity index (χ1v) is 4.40. The van der Waals surface area contributed by atoms with Crippen LogP contribution >= 0.6 is 27.5 Å². The summed E-state index contributed by atoms with van der Waals surface area (Å²) in [5, 5.41) is 0.776. The first-order chi connectivity index (χ1) is 5.11. The van der Waals surface area contributed by atoms with Gasteiger partial charge >= 0.3 is 0 Å². The third-order valence-electron chi connectivity index (χ3n) is 1.39. The monoisotopic (exact) mass is 233 g/mol. The van der Waals surface area contributed by atoms with E-state index in [1.165, 1.54) is 0 Å². The normalized spacial score (nSPS) is 9.82. The molecule has 0 spiro atoms. The summed E-state index contributed by atoms with van der Waals surface area (Å²) in [7, 11) is 3.93. The maximum Gasteiger partial charge on any atom is 0.0640 e. The van der Waals surface area contributed by atoms with E-state index in [4.69, 9.17) is 11.6 Å². The van der Waals surface area contributed by atoms with Crippen molar-refractivity contribution in [1.82, 2.24) is 0 Å². The molecule has 0 saturated carbocycles. The highest BCUT2D eigenvalue weighted by molar-refractivity contribution is 9.10. The van der Waals surface area contributed by atoms with Crippen LogP contribution in [0, 0.1) is 0 Å². The van der Waals surface area contributed by atoms with Crippen molar-refractivity contribution in [2.24, 2.45) is 0 Å². The van der Waals surface area contributed by atoms with Crippen LogP contribution in [0.15, 0.2) is 22.7 Å². The van der Waals surface area contributed by atoms with E-state index < -0.39 is 0 Å². The first-order valence-electron chi connectivity index (χ1n) is 3.23. The van der Waals surface area contributed by atoms with Crippen molar-refractivity contribution in [3.63, 3.8) is 0 Å². The van der Waals surface area contributed by atoms with Crippen LogP contribution in [0.1, 0.15) is 0 Å².